The lowest BCUT2D eigenvalue weighted by atomic mass is 9.98. The van der Waals surface area contributed by atoms with Crippen LogP contribution >= 0.6 is 0 Å². The molecule has 0 aromatic rings. The number of rotatable bonds is 0. The highest BCUT2D eigenvalue weighted by Gasteiger charge is 2.35. The van der Waals surface area contributed by atoms with Crippen LogP contribution in [0.5, 0.6) is 0 Å². The van der Waals surface area contributed by atoms with Crippen molar-refractivity contribution < 1.29 is 4.79 Å². The van der Waals surface area contributed by atoms with Gasteiger partial charge in [-0.3, -0.25) is 4.79 Å². The quantitative estimate of drug-likeness (QED) is 0.467. The topological polar surface area (TPSA) is 55.1 Å². The van der Waals surface area contributed by atoms with Crippen molar-refractivity contribution >= 4 is 5.91 Å². The standard InChI is InChI=1S/C6H12N2O/c1-6(2)4(7)3-5(9)8-6/h4H,3,7H2,1-2H3,(H,8,9)/t4-/m1/s1. The number of amides is 1. The average Bonchev–Trinajstić information content (AvgIpc) is 1.79. The molecule has 1 atom stereocenters. The van der Waals surface area contributed by atoms with Crippen molar-refractivity contribution in [2.75, 3.05) is 0 Å². The Bertz CT molecular complexity index is 142. The van der Waals surface area contributed by atoms with E-state index < -0.39 is 0 Å². The van der Waals surface area contributed by atoms with Gasteiger partial charge in [-0.15, -0.1) is 0 Å². The van der Waals surface area contributed by atoms with Crippen molar-refractivity contribution in [3.8, 4) is 0 Å². The summed E-state index contributed by atoms with van der Waals surface area (Å²) in [6.07, 6.45) is 0.465. The van der Waals surface area contributed by atoms with E-state index in [-0.39, 0.29) is 17.5 Å². The Labute approximate surface area is 54.6 Å². The van der Waals surface area contributed by atoms with Crippen LogP contribution in [0.25, 0.3) is 0 Å². The van der Waals surface area contributed by atoms with E-state index in [2.05, 4.69) is 5.32 Å². The van der Waals surface area contributed by atoms with E-state index in [0.717, 1.165) is 0 Å². The molecule has 0 aromatic heterocycles. The third-order valence-electron chi connectivity index (χ3n) is 1.79. The van der Waals surface area contributed by atoms with Gasteiger partial charge in [-0.05, 0) is 13.8 Å². The van der Waals surface area contributed by atoms with E-state index in [1.54, 1.807) is 0 Å². The minimum absolute atomic E-state index is 0.0231. The highest BCUT2D eigenvalue weighted by Crippen LogP contribution is 2.16. The second-order valence-electron chi connectivity index (χ2n) is 3.08. The molecule has 1 aliphatic heterocycles. The number of carbonyl (C=O) groups is 1. The predicted octanol–water partition coefficient (Wildman–Crippen LogP) is -0.388. The molecule has 1 rings (SSSR count). The zero-order valence-corrected chi connectivity index (χ0v) is 5.77. The van der Waals surface area contributed by atoms with E-state index >= 15 is 0 Å². The molecule has 1 fully saturated rings. The molecule has 0 aromatic carbocycles. The Morgan fingerprint density at radius 1 is 1.78 bits per heavy atom. The second-order valence-corrected chi connectivity index (χ2v) is 3.08. The summed E-state index contributed by atoms with van der Waals surface area (Å²) in [6.45, 7) is 3.87. The third kappa shape index (κ3) is 1.05. The Kier molecular flexibility index (Phi) is 1.24. The molecular weight excluding hydrogens is 116 g/mol. The van der Waals surface area contributed by atoms with Gasteiger partial charge in [0.05, 0.1) is 0 Å². The van der Waals surface area contributed by atoms with Crippen molar-refractivity contribution in [1.82, 2.24) is 5.32 Å². The van der Waals surface area contributed by atoms with E-state index in [1.807, 2.05) is 13.8 Å². The van der Waals surface area contributed by atoms with E-state index in [1.165, 1.54) is 0 Å². The fraction of sp³-hybridized carbons (Fsp3) is 0.833. The number of nitrogens with two attached hydrogens (primary N) is 1. The molecule has 0 aliphatic carbocycles. The van der Waals surface area contributed by atoms with Crippen LogP contribution in [0.4, 0.5) is 0 Å². The fourth-order valence-corrected chi connectivity index (χ4v) is 0.958. The van der Waals surface area contributed by atoms with Crippen LogP contribution in [0.3, 0.4) is 0 Å². The van der Waals surface area contributed by atoms with Gasteiger partial charge in [0.25, 0.3) is 0 Å². The molecule has 0 unspecified atom stereocenters. The number of hydrogen-bond donors (Lipinski definition) is 2. The SMILES string of the molecule is CC1(C)NC(=O)C[C@H]1N. The van der Waals surface area contributed by atoms with Crippen molar-refractivity contribution in [2.24, 2.45) is 5.73 Å². The van der Waals surface area contributed by atoms with Gasteiger partial charge < -0.3 is 11.1 Å². The summed E-state index contributed by atoms with van der Waals surface area (Å²) in [4.78, 5) is 10.7. The highest BCUT2D eigenvalue weighted by atomic mass is 16.2. The zero-order valence-electron chi connectivity index (χ0n) is 5.77. The summed E-state index contributed by atoms with van der Waals surface area (Å²) >= 11 is 0. The average molecular weight is 128 g/mol. The molecule has 0 saturated carbocycles. The Balaban J connectivity index is 2.69. The van der Waals surface area contributed by atoms with E-state index in [0.29, 0.717) is 6.42 Å². The molecule has 3 nitrogen and oxygen atoms in total. The van der Waals surface area contributed by atoms with Gasteiger partial charge in [-0.1, -0.05) is 0 Å². The highest BCUT2D eigenvalue weighted by molar-refractivity contribution is 5.80. The van der Waals surface area contributed by atoms with Gasteiger partial charge >= 0.3 is 0 Å². The lowest BCUT2D eigenvalue weighted by molar-refractivity contribution is -0.119. The van der Waals surface area contributed by atoms with Crippen LogP contribution < -0.4 is 11.1 Å². The second kappa shape index (κ2) is 1.70. The smallest absolute Gasteiger partial charge is 0.222 e. The molecule has 9 heavy (non-hydrogen) atoms. The van der Waals surface area contributed by atoms with Crippen LogP contribution in [0, 0.1) is 0 Å². The summed E-state index contributed by atoms with van der Waals surface area (Å²) in [5, 5.41) is 2.78. The Morgan fingerprint density at radius 3 is 2.44 bits per heavy atom. The molecule has 3 N–H and O–H groups in total. The maximum atomic E-state index is 10.7. The molecule has 3 heteroatoms. The van der Waals surface area contributed by atoms with Crippen molar-refractivity contribution in [2.45, 2.75) is 31.8 Å². The molecule has 1 amide bonds. The van der Waals surface area contributed by atoms with Crippen molar-refractivity contribution in [1.29, 1.82) is 0 Å². The van der Waals surface area contributed by atoms with E-state index in [9.17, 15) is 4.79 Å². The molecule has 0 radical (unpaired) electrons. The van der Waals surface area contributed by atoms with Gasteiger partial charge in [0, 0.05) is 18.0 Å². The minimum atomic E-state index is -0.197. The first-order valence-corrected chi connectivity index (χ1v) is 3.09. The summed E-state index contributed by atoms with van der Waals surface area (Å²) in [7, 11) is 0. The van der Waals surface area contributed by atoms with Crippen LogP contribution in [-0.4, -0.2) is 17.5 Å². The largest absolute Gasteiger partial charge is 0.350 e. The number of nitrogens with one attached hydrogen (secondary N) is 1. The fourth-order valence-electron chi connectivity index (χ4n) is 0.958. The Morgan fingerprint density at radius 2 is 2.33 bits per heavy atom. The van der Waals surface area contributed by atoms with E-state index in [4.69, 9.17) is 5.73 Å². The normalized spacial score (nSPS) is 32.3. The van der Waals surface area contributed by atoms with Crippen LogP contribution in [-0.2, 0) is 4.79 Å². The van der Waals surface area contributed by atoms with Gasteiger partial charge in [0.1, 0.15) is 0 Å². The molecule has 0 bridgehead atoms. The number of carbonyl (C=O) groups excluding carboxylic acids is 1. The van der Waals surface area contributed by atoms with Crippen molar-refractivity contribution in [3.05, 3.63) is 0 Å². The minimum Gasteiger partial charge on any atom is -0.350 e. The van der Waals surface area contributed by atoms with Crippen molar-refractivity contribution in [3.63, 3.8) is 0 Å². The van der Waals surface area contributed by atoms with Crippen LogP contribution in [0.2, 0.25) is 0 Å². The molecule has 1 heterocycles. The first kappa shape index (κ1) is 6.55. The summed E-state index contributed by atoms with van der Waals surface area (Å²) in [5.74, 6) is 0.0625. The molecule has 52 valence electrons. The zero-order chi connectivity index (χ0) is 7.07. The van der Waals surface area contributed by atoms with Gasteiger partial charge in [0.15, 0.2) is 0 Å². The lowest BCUT2D eigenvalue weighted by Crippen LogP contribution is -2.46. The van der Waals surface area contributed by atoms with Crippen LogP contribution in [0.1, 0.15) is 20.3 Å². The van der Waals surface area contributed by atoms with Crippen LogP contribution in [0.15, 0.2) is 0 Å². The molecule has 1 aliphatic rings. The Hall–Kier alpha value is -0.570. The monoisotopic (exact) mass is 128 g/mol. The number of hydrogen-bond acceptors (Lipinski definition) is 2. The predicted molar refractivity (Wildman–Crippen MR) is 34.8 cm³/mol. The summed E-state index contributed by atoms with van der Waals surface area (Å²) in [5.41, 5.74) is 5.42. The maximum absolute atomic E-state index is 10.7. The molecule has 1 saturated heterocycles. The lowest BCUT2D eigenvalue weighted by Gasteiger charge is -2.22. The van der Waals surface area contributed by atoms with Gasteiger partial charge in [-0.25, -0.2) is 0 Å². The van der Waals surface area contributed by atoms with Gasteiger partial charge in [-0.2, -0.15) is 0 Å². The summed E-state index contributed by atoms with van der Waals surface area (Å²) in [6, 6.07) is -0.0231. The maximum Gasteiger partial charge on any atom is 0.222 e. The third-order valence-corrected chi connectivity index (χ3v) is 1.79. The molecular formula is C6H12N2O. The molecule has 0 spiro atoms. The summed E-state index contributed by atoms with van der Waals surface area (Å²) < 4.78 is 0. The van der Waals surface area contributed by atoms with Gasteiger partial charge in [0.2, 0.25) is 5.91 Å². The first-order valence-electron chi connectivity index (χ1n) is 3.09. The first-order chi connectivity index (χ1) is 4.02.